The summed E-state index contributed by atoms with van der Waals surface area (Å²) in [5, 5.41) is 1.14. The van der Waals surface area contributed by atoms with Gasteiger partial charge in [-0.3, -0.25) is 14.2 Å². The zero-order valence-electron chi connectivity index (χ0n) is 15.9. The number of methoxy groups -OCH3 is 1. The van der Waals surface area contributed by atoms with Gasteiger partial charge in [-0.1, -0.05) is 30.0 Å². The molecule has 0 aliphatic rings. The monoisotopic (exact) mass is 398 g/mol. The number of benzene rings is 2. The van der Waals surface area contributed by atoms with E-state index in [1.165, 1.54) is 11.8 Å². The highest BCUT2D eigenvalue weighted by Crippen LogP contribution is 2.24. The van der Waals surface area contributed by atoms with E-state index in [4.69, 9.17) is 9.47 Å². The molecule has 3 aromatic rings. The molecule has 1 aromatic heterocycles. The molecule has 0 unspecified atom stereocenters. The van der Waals surface area contributed by atoms with Crippen molar-refractivity contribution in [1.82, 2.24) is 9.55 Å². The predicted octanol–water partition coefficient (Wildman–Crippen LogP) is 3.83. The van der Waals surface area contributed by atoms with Gasteiger partial charge in [0.2, 0.25) is 0 Å². The van der Waals surface area contributed by atoms with E-state index < -0.39 is 0 Å². The fourth-order valence-electron chi connectivity index (χ4n) is 2.80. The van der Waals surface area contributed by atoms with E-state index >= 15 is 0 Å². The number of aromatic nitrogens is 2. The molecule has 0 N–H and O–H groups in total. The molecule has 0 atom stereocenters. The van der Waals surface area contributed by atoms with E-state index in [2.05, 4.69) is 4.98 Å². The fourth-order valence-corrected chi connectivity index (χ4v) is 3.75. The zero-order valence-corrected chi connectivity index (χ0v) is 16.7. The number of carbonyl (C=O) groups is 1. The van der Waals surface area contributed by atoms with Crippen molar-refractivity contribution in [2.45, 2.75) is 24.9 Å². The molecule has 0 aliphatic heterocycles. The SMILES string of the molecule is CCOC(=O)CCCSc1nc2ccccc2c(=O)n1-c1cccc(OC)c1. The Bertz CT molecular complexity index is 1030. The molecule has 146 valence electrons. The predicted molar refractivity (Wildman–Crippen MR) is 110 cm³/mol. The molecule has 28 heavy (non-hydrogen) atoms. The minimum atomic E-state index is -0.209. The molecule has 0 aliphatic carbocycles. The largest absolute Gasteiger partial charge is 0.497 e. The Morgan fingerprint density at radius 1 is 1.18 bits per heavy atom. The van der Waals surface area contributed by atoms with Gasteiger partial charge in [-0.25, -0.2) is 4.98 Å². The maximum atomic E-state index is 13.2. The van der Waals surface area contributed by atoms with E-state index in [0.29, 0.717) is 52.7 Å². The van der Waals surface area contributed by atoms with Gasteiger partial charge in [0.15, 0.2) is 5.16 Å². The molecule has 0 radical (unpaired) electrons. The van der Waals surface area contributed by atoms with Crippen LogP contribution in [0.1, 0.15) is 19.8 Å². The maximum absolute atomic E-state index is 13.2. The minimum absolute atomic E-state index is 0.133. The molecule has 0 saturated carbocycles. The average molecular weight is 398 g/mol. The van der Waals surface area contributed by atoms with Gasteiger partial charge < -0.3 is 9.47 Å². The van der Waals surface area contributed by atoms with Gasteiger partial charge in [-0.05, 0) is 37.6 Å². The van der Waals surface area contributed by atoms with Crippen molar-refractivity contribution in [2.24, 2.45) is 0 Å². The van der Waals surface area contributed by atoms with Crippen LogP contribution in [0.5, 0.6) is 5.75 Å². The lowest BCUT2D eigenvalue weighted by atomic mass is 10.2. The average Bonchev–Trinajstić information content (AvgIpc) is 2.71. The molecule has 6 nitrogen and oxygen atoms in total. The molecule has 0 bridgehead atoms. The molecular formula is C21H22N2O4S. The standard InChI is InChI=1S/C21H22N2O4S/c1-3-27-19(24)12-7-13-28-21-22-18-11-5-4-10-17(18)20(25)23(21)15-8-6-9-16(14-15)26-2/h4-6,8-11,14H,3,7,12-13H2,1-2H3. The Morgan fingerprint density at radius 3 is 2.79 bits per heavy atom. The topological polar surface area (TPSA) is 70.4 Å². The van der Waals surface area contributed by atoms with Crippen LogP contribution < -0.4 is 10.3 Å². The fraction of sp³-hybridized carbons (Fsp3) is 0.286. The van der Waals surface area contributed by atoms with Crippen LogP contribution in [-0.2, 0) is 9.53 Å². The van der Waals surface area contributed by atoms with E-state index in [1.54, 1.807) is 30.7 Å². The summed E-state index contributed by atoms with van der Waals surface area (Å²) in [5.41, 5.74) is 1.21. The summed E-state index contributed by atoms with van der Waals surface area (Å²) in [5.74, 6) is 1.10. The number of nitrogens with zero attached hydrogens (tertiary/aromatic N) is 2. The van der Waals surface area contributed by atoms with Crippen molar-refractivity contribution in [3.8, 4) is 11.4 Å². The summed E-state index contributed by atoms with van der Waals surface area (Å²) in [6.07, 6.45) is 0.988. The summed E-state index contributed by atoms with van der Waals surface area (Å²) < 4.78 is 11.9. The summed E-state index contributed by atoms with van der Waals surface area (Å²) in [7, 11) is 1.59. The molecule has 0 fully saturated rings. The van der Waals surface area contributed by atoms with Crippen molar-refractivity contribution < 1.29 is 14.3 Å². The molecule has 3 rings (SSSR count). The van der Waals surface area contributed by atoms with Crippen LogP contribution in [0.3, 0.4) is 0 Å². The summed E-state index contributed by atoms with van der Waals surface area (Å²) >= 11 is 1.45. The molecular weight excluding hydrogens is 376 g/mol. The van der Waals surface area contributed by atoms with E-state index in [-0.39, 0.29) is 11.5 Å². The van der Waals surface area contributed by atoms with Crippen molar-refractivity contribution >= 4 is 28.6 Å². The molecule has 1 heterocycles. The Hall–Kier alpha value is -2.80. The lowest BCUT2D eigenvalue weighted by Crippen LogP contribution is -2.21. The number of para-hydroxylation sites is 1. The van der Waals surface area contributed by atoms with E-state index in [1.807, 2.05) is 36.4 Å². The van der Waals surface area contributed by atoms with Crippen LogP contribution in [0.4, 0.5) is 0 Å². The van der Waals surface area contributed by atoms with Crippen LogP contribution in [0.15, 0.2) is 58.5 Å². The van der Waals surface area contributed by atoms with Gasteiger partial charge in [0, 0.05) is 18.2 Å². The summed E-state index contributed by atoms with van der Waals surface area (Å²) in [4.78, 5) is 29.4. The molecule has 0 saturated heterocycles. The number of thioether (sulfide) groups is 1. The van der Waals surface area contributed by atoms with E-state index in [9.17, 15) is 9.59 Å². The Kier molecular flexibility index (Phi) is 6.71. The molecule has 2 aromatic carbocycles. The second-order valence-electron chi connectivity index (χ2n) is 6.01. The second-order valence-corrected chi connectivity index (χ2v) is 7.07. The first kappa shape index (κ1) is 19.9. The summed E-state index contributed by atoms with van der Waals surface area (Å²) in [6, 6.07) is 14.6. The van der Waals surface area contributed by atoms with Crippen LogP contribution in [-0.4, -0.2) is 35.0 Å². The van der Waals surface area contributed by atoms with Crippen molar-refractivity contribution in [1.29, 1.82) is 0 Å². The third-order valence-electron chi connectivity index (χ3n) is 4.12. The van der Waals surface area contributed by atoms with Crippen molar-refractivity contribution in [3.05, 3.63) is 58.9 Å². The highest BCUT2D eigenvalue weighted by molar-refractivity contribution is 7.99. The Morgan fingerprint density at radius 2 is 2.00 bits per heavy atom. The number of fused-ring (bicyclic) bond motifs is 1. The van der Waals surface area contributed by atoms with Crippen LogP contribution >= 0.6 is 11.8 Å². The second kappa shape index (κ2) is 9.41. The third kappa shape index (κ3) is 4.54. The minimum Gasteiger partial charge on any atom is -0.497 e. The van der Waals surface area contributed by atoms with Crippen LogP contribution in [0, 0.1) is 0 Å². The Labute approximate surface area is 167 Å². The van der Waals surface area contributed by atoms with E-state index in [0.717, 1.165) is 0 Å². The summed E-state index contributed by atoms with van der Waals surface area (Å²) in [6.45, 7) is 2.17. The number of rotatable bonds is 8. The lowest BCUT2D eigenvalue weighted by molar-refractivity contribution is -0.143. The first-order valence-corrected chi connectivity index (χ1v) is 10.1. The highest BCUT2D eigenvalue weighted by Gasteiger charge is 2.14. The van der Waals surface area contributed by atoms with Crippen LogP contribution in [0.25, 0.3) is 16.6 Å². The van der Waals surface area contributed by atoms with Crippen molar-refractivity contribution in [3.63, 3.8) is 0 Å². The van der Waals surface area contributed by atoms with Gasteiger partial charge in [-0.2, -0.15) is 0 Å². The van der Waals surface area contributed by atoms with Crippen LogP contribution in [0.2, 0.25) is 0 Å². The third-order valence-corrected chi connectivity index (χ3v) is 5.14. The van der Waals surface area contributed by atoms with Gasteiger partial charge in [0.1, 0.15) is 5.75 Å². The van der Waals surface area contributed by atoms with Gasteiger partial charge >= 0.3 is 5.97 Å². The zero-order chi connectivity index (χ0) is 19.9. The van der Waals surface area contributed by atoms with Gasteiger partial charge in [-0.15, -0.1) is 0 Å². The maximum Gasteiger partial charge on any atom is 0.305 e. The number of esters is 1. The number of hydrogen-bond donors (Lipinski definition) is 0. The molecule has 7 heteroatoms. The van der Waals surface area contributed by atoms with Gasteiger partial charge in [0.25, 0.3) is 5.56 Å². The highest BCUT2D eigenvalue weighted by atomic mass is 32.2. The van der Waals surface area contributed by atoms with Gasteiger partial charge in [0.05, 0.1) is 30.3 Å². The quantitative estimate of drug-likeness (QED) is 0.249. The first-order valence-electron chi connectivity index (χ1n) is 9.08. The number of carbonyl (C=O) groups excluding carboxylic acids is 1. The number of hydrogen-bond acceptors (Lipinski definition) is 6. The smallest absolute Gasteiger partial charge is 0.305 e. The first-order chi connectivity index (χ1) is 13.6. The molecule has 0 spiro atoms. The molecule has 0 amide bonds. The Balaban J connectivity index is 1.95. The lowest BCUT2D eigenvalue weighted by Gasteiger charge is -2.14. The number of ether oxygens (including phenoxy) is 2. The van der Waals surface area contributed by atoms with Crippen molar-refractivity contribution in [2.75, 3.05) is 19.5 Å². The normalized spacial score (nSPS) is 10.8.